The van der Waals surface area contributed by atoms with Gasteiger partial charge in [-0.15, -0.1) is 0 Å². The molecule has 0 radical (unpaired) electrons. The number of benzene rings is 1. The van der Waals surface area contributed by atoms with E-state index in [0.29, 0.717) is 6.61 Å². The number of hydrogen-bond acceptors (Lipinski definition) is 1. The number of ether oxygens (including phenoxy) is 1. The molecule has 1 nitrogen and oxygen atoms in total. The zero-order valence-electron chi connectivity index (χ0n) is 7.58. The van der Waals surface area contributed by atoms with E-state index in [-0.39, 0.29) is 0 Å². The molecule has 1 aromatic rings. The van der Waals surface area contributed by atoms with Gasteiger partial charge in [0.15, 0.2) is 0 Å². The van der Waals surface area contributed by atoms with Crippen molar-refractivity contribution in [1.82, 2.24) is 0 Å². The highest BCUT2D eigenvalue weighted by atomic mass is 16.5. The lowest BCUT2D eigenvalue weighted by atomic mass is 10.1. The monoisotopic (exact) mass is 162 g/mol. The van der Waals surface area contributed by atoms with Crippen LogP contribution in [0.15, 0.2) is 36.4 Å². The van der Waals surface area contributed by atoms with E-state index in [1.54, 1.807) is 7.11 Å². The zero-order chi connectivity index (χ0) is 8.81. The standard InChI is InChI=1S/C11H14O/c1-3-10(9-12-2)11-7-5-4-6-8-11/h3-8H,9H2,1-2H3/b10-3-. The molecule has 0 aliphatic heterocycles. The van der Waals surface area contributed by atoms with Crippen LogP contribution in [0.1, 0.15) is 12.5 Å². The van der Waals surface area contributed by atoms with Gasteiger partial charge >= 0.3 is 0 Å². The van der Waals surface area contributed by atoms with Crippen LogP contribution in [-0.4, -0.2) is 13.7 Å². The van der Waals surface area contributed by atoms with Gasteiger partial charge in [-0.1, -0.05) is 36.4 Å². The fourth-order valence-electron chi connectivity index (χ4n) is 1.14. The molecule has 0 saturated carbocycles. The number of hydrogen-bond donors (Lipinski definition) is 0. The maximum atomic E-state index is 5.08. The molecule has 0 spiro atoms. The molecular formula is C11H14O. The van der Waals surface area contributed by atoms with Crippen molar-refractivity contribution in [3.05, 3.63) is 42.0 Å². The highest BCUT2D eigenvalue weighted by Crippen LogP contribution is 2.13. The van der Waals surface area contributed by atoms with Gasteiger partial charge in [-0.3, -0.25) is 0 Å². The fourth-order valence-corrected chi connectivity index (χ4v) is 1.14. The van der Waals surface area contributed by atoms with Crippen molar-refractivity contribution in [2.24, 2.45) is 0 Å². The minimum Gasteiger partial charge on any atom is -0.380 e. The SMILES string of the molecule is C/C=C(/COC)c1ccccc1. The van der Waals surface area contributed by atoms with Crippen molar-refractivity contribution >= 4 is 5.57 Å². The molecule has 0 heterocycles. The summed E-state index contributed by atoms with van der Waals surface area (Å²) in [5, 5.41) is 0. The van der Waals surface area contributed by atoms with Gasteiger partial charge in [0, 0.05) is 7.11 Å². The molecule has 0 fully saturated rings. The second-order valence-electron chi connectivity index (χ2n) is 2.61. The Balaban J connectivity index is 2.82. The molecule has 0 aliphatic carbocycles. The van der Waals surface area contributed by atoms with Crippen molar-refractivity contribution in [2.45, 2.75) is 6.92 Å². The van der Waals surface area contributed by atoms with Crippen LogP contribution < -0.4 is 0 Å². The highest BCUT2D eigenvalue weighted by molar-refractivity contribution is 5.65. The van der Waals surface area contributed by atoms with Crippen LogP contribution in [0, 0.1) is 0 Å². The van der Waals surface area contributed by atoms with E-state index in [2.05, 4.69) is 18.2 Å². The van der Waals surface area contributed by atoms with Crippen LogP contribution in [0.4, 0.5) is 0 Å². The maximum Gasteiger partial charge on any atom is 0.0715 e. The summed E-state index contributed by atoms with van der Waals surface area (Å²) in [7, 11) is 1.71. The molecule has 1 heteroatoms. The van der Waals surface area contributed by atoms with Gasteiger partial charge in [-0.2, -0.15) is 0 Å². The molecule has 1 aromatic carbocycles. The summed E-state index contributed by atoms with van der Waals surface area (Å²) < 4.78 is 5.08. The molecule has 12 heavy (non-hydrogen) atoms. The predicted molar refractivity (Wildman–Crippen MR) is 52.0 cm³/mol. The Bertz CT molecular complexity index is 249. The largest absolute Gasteiger partial charge is 0.380 e. The highest BCUT2D eigenvalue weighted by Gasteiger charge is 1.96. The van der Waals surface area contributed by atoms with Gasteiger partial charge in [0.1, 0.15) is 0 Å². The molecule has 64 valence electrons. The van der Waals surface area contributed by atoms with E-state index >= 15 is 0 Å². The summed E-state index contributed by atoms with van der Waals surface area (Å²) in [4.78, 5) is 0. The van der Waals surface area contributed by atoms with E-state index < -0.39 is 0 Å². The third-order valence-electron chi connectivity index (χ3n) is 1.79. The molecule has 1 rings (SSSR count). The molecule has 0 unspecified atom stereocenters. The van der Waals surface area contributed by atoms with E-state index in [4.69, 9.17) is 4.74 Å². The topological polar surface area (TPSA) is 9.23 Å². The number of allylic oxidation sites excluding steroid dienone is 1. The maximum absolute atomic E-state index is 5.08. The minimum absolute atomic E-state index is 0.681. The Labute approximate surface area is 73.7 Å². The lowest BCUT2D eigenvalue weighted by molar-refractivity contribution is 0.239. The van der Waals surface area contributed by atoms with Gasteiger partial charge in [0.05, 0.1) is 6.61 Å². The third-order valence-corrected chi connectivity index (χ3v) is 1.79. The van der Waals surface area contributed by atoms with Gasteiger partial charge in [-0.25, -0.2) is 0 Å². The summed E-state index contributed by atoms with van der Waals surface area (Å²) in [6.07, 6.45) is 2.08. The van der Waals surface area contributed by atoms with Crippen LogP contribution in [0.2, 0.25) is 0 Å². The molecule has 0 N–H and O–H groups in total. The molecule has 0 aliphatic rings. The molecule has 0 atom stereocenters. The van der Waals surface area contributed by atoms with Gasteiger partial charge in [0.25, 0.3) is 0 Å². The zero-order valence-corrected chi connectivity index (χ0v) is 7.58. The first-order valence-electron chi connectivity index (χ1n) is 4.08. The minimum atomic E-state index is 0.681. The van der Waals surface area contributed by atoms with Crippen molar-refractivity contribution in [1.29, 1.82) is 0 Å². The first-order valence-corrected chi connectivity index (χ1v) is 4.08. The third kappa shape index (κ3) is 2.21. The van der Waals surface area contributed by atoms with E-state index in [1.807, 2.05) is 25.1 Å². The van der Waals surface area contributed by atoms with Crippen molar-refractivity contribution in [3.63, 3.8) is 0 Å². The summed E-state index contributed by atoms with van der Waals surface area (Å²) in [6.45, 7) is 2.71. The van der Waals surface area contributed by atoms with E-state index in [9.17, 15) is 0 Å². The first kappa shape index (κ1) is 9.01. The Kier molecular flexibility index (Phi) is 3.55. The Hall–Kier alpha value is -1.08. The molecular weight excluding hydrogens is 148 g/mol. The number of methoxy groups -OCH3 is 1. The fraction of sp³-hybridized carbons (Fsp3) is 0.273. The van der Waals surface area contributed by atoms with Crippen LogP contribution in [-0.2, 0) is 4.74 Å². The summed E-state index contributed by atoms with van der Waals surface area (Å²) >= 11 is 0. The quantitative estimate of drug-likeness (QED) is 0.664. The predicted octanol–water partition coefficient (Wildman–Crippen LogP) is 2.74. The second-order valence-corrected chi connectivity index (χ2v) is 2.61. The Morgan fingerprint density at radius 1 is 1.33 bits per heavy atom. The average molecular weight is 162 g/mol. The van der Waals surface area contributed by atoms with Crippen molar-refractivity contribution < 1.29 is 4.74 Å². The van der Waals surface area contributed by atoms with Crippen LogP contribution in [0.25, 0.3) is 5.57 Å². The van der Waals surface area contributed by atoms with Crippen LogP contribution >= 0.6 is 0 Å². The van der Waals surface area contributed by atoms with Crippen molar-refractivity contribution in [2.75, 3.05) is 13.7 Å². The molecule has 0 amide bonds. The lowest BCUT2D eigenvalue weighted by Crippen LogP contribution is -1.92. The van der Waals surface area contributed by atoms with Gasteiger partial charge in [-0.05, 0) is 18.1 Å². The Morgan fingerprint density at radius 3 is 2.50 bits per heavy atom. The molecule has 0 saturated heterocycles. The normalized spacial score (nSPS) is 11.7. The summed E-state index contributed by atoms with van der Waals surface area (Å²) in [5.74, 6) is 0. The van der Waals surface area contributed by atoms with Crippen LogP contribution in [0.5, 0.6) is 0 Å². The average Bonchev–Trinajstić information content (AvgIpc) is 2.15. The molecule has 0 aromatic heterocycles. The Morgan fingerprint density at radius 2 is 2.00 bits per heavy atom. The van der Waals surface area contributed by atoms with E-state index in [1.165, 1.54) is 11.1 Å². The second kappa shape index (κ2) is 4.73. The van der Waals surface area contributed by atoms with Crippen LogP contribution in [0.3, 0.4) is 0 Å². The van der Waals surface area contributed by atoms with E-state index in [0.717, 1.165) is 0 Å². The molecule has 0 bridgehead atoms. The van der Waals surface area contributed by atoms with Crippen molar-refractivity contribution in [3.8, 4) is 0 Å². The lowest BCUT2D eigenvalue weighted by Gasteiger charge is -2.04. The van der Waals surface area contributed by atoms with Gasteiger partial charge in [0.2, 0.25) is 0 Å². The van der Waals surface area contributed by atoms with Gasteiger partial charge < -0.3 is 4.74 Å². The first-order chi connectivity index (χ1) is 5.88. The smallest absolute Gasteiger partial charge is 0.0715 e. The summed E-state index contributed by atoms with van der Waals surface area (Å²) in [5.41, 5.74) is 2.47. The number of rotatable bonds is 3. The summed E-state index contributed by atoms with van der Waals surface area (Å²) in [6, 6.07) is 10.3.